The number of primary amides is 1. The van der Waals surface area contributed by atoms with Gasteiger partial charge in [-0.15, -0.1) is 11.8 Å². The van der Waals surface area contributed by atoms with Gasteiger partial charge in [0.25, 0.3) is 11.8 Å². The Morgan fingerprint density at radius 2 is 1.36 bits per heavy atom. The monoisotopic (exact) mass is 645 g/mol. The molecule has 244 valence electrons. The van der Waals surface area contributed by atoms with Crippen molar-refractivity contribution in [2.75, 3.05) is 37.8 Å². The zero-order valence-corrected chi connectivity index (χ0v) is 25.6. The average Bonchev–Trinajstić information content (AvgIpc) is 3.33. The lowest BCUT2D eigenvalue weighted by Gasteiger charge is -2.19. The molecule has 8 amide bonds. The number of benzene rings is 1. The normalized spacial score (nSPS) is 12.8. The molecular weight excluding hydrogens is 606 g/mol. The first kappa shape index (κ1) is 36.5. The Kier molecular flexibility index (Phi) is 16.4. The number of hydrogen-bond donors (Lipinski definition) is 6. The standard InChI is InChI=1S/C29H39N7O8S/c30-22(37)12-14-45-19-34-25(40)17-33-29(44)21(15-20-7-3-1-4-8-20)35-26(41)18-32-24(39)16-31-23(38)9-5-2-6-13-36-27(42)10-11-28(36)43/h1,3-4,7-8,10-11,21H,2,5-6,9,12-19H2,(H2,30,37)(H,31,38)(H,32,39)(H,33,44)(H,34,40)(H,35,41)/t21-/m0/s1. The summed E-state index contributed by atoms with van der Waals surface area (Å²) in [5, 5.41) is 12.5. The smallest absolute Gasteiger partial charge is 0.253 e. The third-order valence-corrected chi connectivity index (χ3v) is 7.14. The number of nitrogens with zero attached hydrogens (tertiary/aromatic N) is 1. The van der Waals surface area contributed by atoms with Gasteiger partial charge in [0, 0.05) is 43.7 Å². The first-order valence-corrected chi connectivity index (χ1v) is 15.5. The van der Waals surface area contributed by atoms with Crippen molar-refractivity contribution in [1.82, 2.24) is 31.5 Å². The highest BCUT2D eigenvalue weighted by atomic mass is 32.2. The molecule has 1 aromatic rings. The molecule has 1 heterocycles. The van der Waals surface area contributed by atoms with Crippen LogP contribution in [0.25, 0.3) is 0 Å². The van der Waals surface area contributed by atoms with Crippen LogP contribution in [0.2, 0.25) is 0 Å². The minimum atomic E-state index is -1.03. The van der Waals surface area contributed by atoms with Gasteiger partial charge in [0.2, 0.25) is 35.4 Å². The molecule has 1 aliphatic rings. The molecule has 7 N–H and O–H groups in total. The van der Waals surface area contributed by atoms with Crippen molar-refractivity contribution in [3.63, 3.8) is 0 Å². The minimum absolute atomic E-state index is 0.133. The van der Waals surface area contributed by atoms with Crippen molar-refractivity contribution < 1.29 is 38.4 Å². The Morgan fingerprint density at radius 3 is 2.04 bits per heavy atom. The van der Waals surface area contributed by atoms with E-state index in [0.29, 0.717) is 25.0 Å². The van der Waals surface area contributed by atoms with Crippen LogP contribution >= 0.6 is 11.8 Å². The second-order valence-electron chi connectivity index (χ2n) is 9.92. The fourth-order valence-electron chi connectivity index (χ4n) is 3.93. The van der Waals surface area contributed by atoms with Crippen LogP contribution in [-0.4, -0.2) is 96.0 Å². The molecule has 0 saturated heterocycles. The summed E-state index contributed by atoms with van der Waals surface area (Å²) in [4.78, 5) is 96.6. The number of nitrogens with two attached hydrogens (primary N) is 1. The summed E-state index contributed by atoms with van der Waals surface area (Å²) in [5.41, 5.74) is 5.82. The van der Waals surface area contributed by atoms with Gasteiger partial charge in [0.1, 0.15) is 6.04 Å². The molecular formula is C29H39N7O8S. The number of carbonyl (C=O) groups is 8. The highest BCUT2D eigenvalue weighted by Crippen LogP contribution is 2.08. The van der Waals surface area contributed by atoms with E-state index in [0.717, 1.165) is 10.5 Å². The highest BCUT2D eigenvalue weighted by molar-refractivity contribution is 7.99. The van der Waals surface area contributed by atoms with Crippen LogP contribution in [0, 0.1) is 0 Å². The van der Waals surface area contributed by atoms with Gasteiger partial charge in [-0.05, 0) is 18.4 Å². The van der Waals surface area contributed by atoms with E-state index < -0.39 is 42.1 Å². The molecule has 45 heavy (non-hydrogen) atoms. The number of unbranched alkanes of at least 4 members (excludes halogenated alkanes) is 2. The van der Waals surface area contributed by atoms with E-state index in [4.69, 9.17) is 5.73 Å². The van der Waals surface area contributed by atoms with Gasteiger partial charge in [0.05, 0.1) is 25.5 Å². The van der Waals surface area contributed by atoms with Crippen LogP contribution in [0.5, 0.6) is 0 Å². The van der Waals surface area contributed by atoms with Crippen LogP contribution in [0.15, 0.2) is 42.5 Å². The first-order chi connectivity index (χ1) is 21.5. The Labute approximate surface area is 264 Å². The first-order valence-electron chi connectivity index (χ1n) is 14.4. The van der Waals surface area contributed by atoms with Crippen molar-refractivity contribution in [1.29, 1.82) is 0 Å². The van der Waals surface area contributed by atoms with Gasteiger partial charge in [-0.2, -0.15) is 0 Å². The molecule has 0 saturated carbocycles. The van der Waals surface area contributed by atoms with E-state index in [1.54, 1.807) is 30.3 Å². The van der Waals surface area contributed by atoms with Gasteiger partial charge in [-0.25, -0.2) is 0 Å². The van der Waals surface area contributed by atoms with Gasteiger partial charge in [0.15, 0.2) is 0 Å². The number of rotatable bonds is 21. The number of carbonyl (C=O) groups excluding carboxylic acids is 8. The molecule has 0 unspecified atom stereocenters. The molecule has 0 aliphatic carbocycles. The zero-order chi connectivity index (χ0) is 33.0. The second-order valence-corrected chi connectivity index (χ2v) is 11.0. The molecule has 2 rings (SSSR count). The number of nitrogens with one attached hydrogen (secondary N) is 5. The van der Waals surface area contributed by atoms with Crippen molar-refractivity contribution in [2.45, 2.75) is 44.6 Å². The van der Waals surface area contributed by atoms with Gasteiger partial charge in [-0.3, -0.25) is 43.3 Å². The zero-order valence-electron chi connectivity index (χ0n) is 24.8. The number of hydrogen-bond acceptors (Lipinski definition) is 9. The third-order valence-electron chi connectivity index (χ3n) is 6.30. The average molecular weight is 646 g/mol. The van der Waals surface area contributed by atoms with E-state index >= 15 is 0 Å². The summed E-state index contributed by atoms with van der Waals surface area (Å²) in [6.45, 7) is -0.848. The summed E-state index contributed by atoms with van der Waals surface area (Å²) in [7, 11) is 0. The Balaban J connectivity index is 1.69. The number of amides is 8. The van der Waals surface area contributed by atoms with Crippen LogP contribution in [0.4, 0.5) is 0 Å². The van der Waals surface area contributed by atoms with Gasteiger partial charge in [-0.1, -0.05) is 36.8 Å². The van der Waals surface area contributed by atoms with E-state index in [-0.39, 0.29) is 62.5 Å². The largest absolute Gasteiger partial charge is 0.370 e. The molecule has 0 aromatic heterocycles. The van der Waals surface area contributed by atoms with Crippen molar-refractivity contribution in [2.24, 2.45) is 5.73 Å². The topological polar surface area (TPSA) is 226 Å². The Morgan fingerprint density at radius 1 is 0.733 bits per heavy atom. The van der Waals surface area contributed by atoms with Crippen molar-refractivity contribution >= 4 is 59.0 Å². The number of thioether (sulfide) groups is 1. The predicted molar refractivity (Wildman–Crippen MR) is 165 cm³/mol. The molecule has 0 bridgehead atoms. The molecule has 16 heteroatoms. The lowest BCUT2D eigenvalue weighted by atomic mass is 10.1. The maximum absolute atomic E-state index is 12.8. The molecule has 1 aromatic carbocycles. The lowest BCUT2D eigenvalue weighted by Crippen LogP contribution is -2.52. The van der Waals surface area contributed by atoms with Crippen molar-refractivity contribution in [3.8, 4) is 0 Å². The molecule has 15 nitrogen and oxygen atoms in total. The molecule has 0 fully saturated rings. The summed E-state index contributed by atoms with van der Waals surface area (Å²) in [6.07, 6.45) is 4.56. The van der Waals surface area contributed by atoms with E-state index in [9.17, 15) is 38.4 Å². The molecule has 1 aliphatic heterocycles. The maximum atomic E-state index is 12.8. The number of imide groups is 1. The summed E-state index contributed by atoms with van der Waals surface area (Å²) >= 11 is 1.30. The SMILES string of the molecule is NC(=O)CCSCNC(=O)CNC(=O)[C@H](Cc1ccccc1)NC(=O)CNC(=O)CNC(=O)CCCCCN1C(=O)C=CC1=O. The van der Waals surface area contributed by atoms with E-state index in [2.05, 4.69) is 26.6 Å². The lowest BCUT2D eigenvalue weighted by molar-refractivity contribution is -0.137. The second kappa shape index (κ2) is 20.3. The van der Waals surface area contributed by atoms with Crippen molar-refractivity contribution in [3.05, 3.63) is 48.0 Å². The summed E-state index contributed by atoms with van der Waals surface area (Å²) in [5.74, 6) is -3.13. The predicted octanol–water partition coefficient (Wildman–Crippen LogP) is -1.77. The molecule has 0 spiro atoms. The van der Waals surface area contributed by atoms with Crippen LogP contribution in [0.1, 0.15) is 37.7 Å². The van der Waals surface area contributed by atoms with Crippen LogP contribution in [-0.2, 0) is 44.8 Å². The molecule has 0 radical (unpaired) electrons. The molecule has 1 atom stereocenters. The summed E-state index contributed by atoms with van der Waals surface area (Å²) in [6, 6.07) is 7.88. The third kappa shape index (κ3) is 15.5. The van der Waals surface area contributed by atoms with Gasteiger partial charge >= 0.3 is 0 Å². The van der Waals surface area contributed by atoms with Gasteiger partial charge < -0.3 is 32.3 Å². The minimum Gasteiger partial charge on any atom is -0.370 e. The highest BCUT2D eigenvalue weighted by Gasteiger charge is 2.23. The Bertz CT molecular complexity index is 1240. The van der Waals surface area contributed by atoms with Crippen LogP contribution in [0.3, 0.4) is 0 Å². The fourth-order valence-corrected chi connectivity index (χ4v) is 4.68. The fraction of sp³-hybridized carbons (Fsp3) is 0.448. The maximum Gasteiger partial charge on any atom is 0.253 e. The Hall–Kier alpha value is -4.73. The quantitative estimate of drug-likeness (QED) is 0.0505. The van der Waals surface area contributed by atoms with E-state index in [1.807, 2.05) is 0 Å². The van der Waals surface area contributed by atoms with Crippen LogP contribution < -0.4 is 32.3 Å². The van der Waals surface area contributed by atoms with E-state index in [1.165, 1.54) is 23.9 Å². The summed E-state index contributed by atoms with van der Waals surface area (Å²) < 4.78 is 0.